The first kappa shape index (κ1) is 9.44. The van der Waals surface area contributed by atoms with Gasteiger partial charge in [-0.15, -0.1) is 0 Å². The van der Waals surface area contributed by atoms with Crippen molar-refractivity contribution in [1.82, 2.24) is 4.90 Å². The highest BCUT2D eigenvalue weighted by Crippen LogP contribution is 2.34. The summed E-state index contributed by atoms with van der Waals surface area (Å²) in [6.07, 6.45) is 0.965. The van der Waals surface area contributed by atoms with Gasteiger partial charge >= 0.3 is 0 Å². The first-order valence-corrected chi connectivity index (χ1v) is 5.18. The molecule has 2 fully saturated rings. The van der Waals surface area contributed by atoms with Crippen molar-refractivity contribution in [2.45, 2.75) is 6.42 Å². The van der Waals surface area contributed by atoms with Gasteiger partial charge in [-0.25, -0.2) is 0 Å². The summed E-state index contributed by atoms with van der Waals surface area (Å²) in [5.41, 5.74) is 0. The fourth-order valence-electron chi connectivity index (χ4n) is 2.87. The molecule has 2 rings (SSSR count). The van der Waals surface area contributed by atoms with Crippen LogP contribution in [0.4, 0.5) is 0 Å². The van der Waals surface area contributed by atoms with Gasteiger partial charge in [0.1, 0.15) is 0 Å². The van der Waals surface area contributed by atoms with E-state index in [2.05, 4.69) is 11.9 Å². The van der Waals surface area contributed by atoms with Gasteiger partial charge in [-0.2, -0.15) is 0 Å². The molecule has 2 aliphatic heterocycles. The van der Waals surface area contributed by atoms with Crippen LogP contribution in [0.5, 0.6) is 0 Å². The van der Waals surface area contributed by atoms with E-state index in [1.807, 2.05) is 0 Å². The first-order chi connectivity index (χ1) is 6.31. The molecule has 0 radical (unpaired) electrons. The van der Waals surface area contributed by atoms with Crippen molar-refractivity contribution < 1.29 is 9.84 Å². The normalized spacial score (nSPS) is 40.6. The van der Waals surface area contributed by atoms with Crippen molar-refractivity contribution in [3.05, 3.63) is 0 Å². The zero-order valence-electron chi connectivity index (χ0n) is 8.28. The number of fused-ring (bicyclic) bond motifs is 2. The largest absolute Gasteiger partial charge is 0.396 e. The molecule has 0 aromatic carbocycles. The molecule has 0 saturated carbocycles. The molecule has 13 heavy (non-hydrogen) atoms. The molecule has 3 nitrogen and oxygen atoms in total. The summed E-state index contributed by atoms with van der Waals surface area (Å²) in [7, 11) is 2.18. The minimum atomic E-state index is 0.335. The highest BCUT2D eigenvalue weighted by atomic mass is 16.5. The van der Waals surface area contributed by atoms with E-state index in [0.29, 0.717) is 24.4 Å². The maximum Gasteiger partial charge on any atom is 0.0509 e. The van der Waals surface area contributed by atoms with Gasteiger partial charge in [0.15, 0.2) is 0 Å². The molecular formula is C10H19NO2. The summed E-state index contributed by atoms with van der Waals surface area (Å²) >= 11 is 0. The van der Waals surface area contributed by atoms with Crippen LogP contribution in [-0.4, -0.2) is 50.0 Å². The predicted molar refractivity (Wildman–Crippen MR) is 50.5 cm³/mol. The molecule has 76 valence electrons. The van der Waals surface area contributed by atoms with E-state index in [9.17, 15) is 0 Å². The summed E-state index contributed by atoms with van der Waals surface area (Å²) in [4.78, 5) is 2.39. The molecular weight excluding hydrogens is 166 g/mol. The van der Waals surface area contributed by atoms with E-state index in [4.69, 9.17) is 9.84 Å². The van der Waals surface area contributed by atoms with E-state index < -0.39 is 0 Å². The van der Waals surface area contributed by atoms with Gasteiger partial charge < -0.3 is 14.7 Å². The summed E-state index contributed by atoms with van der Waals surface area (Å²) in [5.74, 6) is 2.02. The number of nitrogens with zero attached hydrogens (tertiary/aromatic N) is 1. The van der Waals surface area contributed by atoms with Crippen LogP contribution in [0.1, 0.15) is 6.42 Å². The Balaban J connectivity index is 2.01. The van der Waals surface area contributed by atoms with E-state index in [0.717, 1.165) is 32.7 Å². The Bertz CT molecular complexity index is 160. The van der Waals surface area contributed by atoms with Gasteiger partial charge in [0.2, 0.25) is 0 Å². The van der Waals surface area contributed by atoms with Crippen molar-refractivity contribution >= 4 is 0 Å². The van der Waals surface area contributed by atoms with Crippen molar-refractivity contribution in [2.24, 2.45) is 17.8 Å². The van der Waals surface area contributed by atoms with E-state index in [1.165, 1.54) is 0 Å². The molecule has 0 spiro atoms. The fourth-order valence-corrected chi connectivity index (χ4v) is 2.87. The molecule has 0 aromatic rings. The van der Waals surface area contributed by atoms with Crippen LogP contribution in [-0.2, 0) is 4.74 Å². The number of ether oxygens (including phenoxy) is 1. The van der Waals surface area contributed by atoms with Crippen molar-refractivity contribution in [3.8, 4) is 0 Å². The van der Waals surface area contributed by atoms with Crippen LogP contribution in [0.15, 0.2) is 0 Å². The van der Waals surface area contributed by atoms with E-state index in [1.54, 1.807) is 0 Å². The van der Waals surface area contributed by atoms with E-state index >= 15 is 0 Å². The molecule has 2 saturated heterocycles. The van der Waals surface area contributed by atoms with Crippen molar-refractivity contribution in [1.29, 1.82) is 0 Å². The lowest BCUT2D eigenvalue weighted by Crippen LogP contribution is -2.51. The zero-order chi connectivity index (χ0) is 9.26. The second kappa shape index (κ2) is 3.95. The van der Waals surface area contributed by atoms with Gasteiger partial charge in [-0.05, 0) is 31.2 Å². The Hall–Kier alpha value is -0.120. The Morgan fingerprint density at radius 3 is 2.46 bits per heavy atom. The molecule has 3 atom stereocenters. The van der Waals surface area contributed by atoms with Crippen LogP contribution in [0.3, 0.4) is 0 Å². The zero-order valence-corrected chi connectivity index (χ0v) is 8.28. The first-order valence-electron chi connectivity index (χ1n) is 5.18. The van der Waals surface area contributed by atoms with Crippen molar-refractivity contribution in [3.63, 3.8) is 0 Å². The third-order valence-electron chi connectivity index (χ3n) is 3.43. The van der Waals surface area contributed by atoms with Crippen LogP contribution in [0.25, 0.3) is 0 Å². The lowest BCUT2D eigenvalue weighted by atomic mass is 9.75. The van der Waals surface area contributed by atoms with Crippen LogP contribution < -0.4 is 0 Å². The van der Waals surface area contributed by atoms with Crippen molar-refractivity contribution in [2.75, 3.05) is 40.0 Å². The monoisotopic (exact) mass is 185 g/mol. The topological polar surface area (TPSA) is 32.7 Å². The number of hydrogen-bond acceptors (Lipinski definition) is 3. The molecule has 0 aromatic heterocycles. The van der Waals surface area contributed by atoms with Crippen LogP contribution in [0, 0.1) is 17.8 Å². The Morgan fingerprint density at radius 2 is 1.92 bits per heavy atom. The summed E-state index contributed by atoms with van der Waals surface area (Å²) in [5, 5.41) is 8.99. The molecule has 1 N–H and O–H groups in total. The standard InChI is InChI=1S/C10H19NO2/c1-11-4-8-6-13-7-9(5-11)10(8)2-3-12/h8-10,12H,2-7H2,1H3/t8-,9+,10+. The number of aliphatic hydroxyl groups excluding tert-OH is 1. The molecule has 0 unspecified atom stereocenters. The number of aliphatic hydroxyl groups is 1. The summed E-state index contributed by atoms with van der Waals surface area (Å²) in [6.45, 7) is 4.40. The molecule has 3 heteroatoms. The van der Waals surface area contributed by atoms with Crippen LogP contribution in [0.2, 0.25) is 0 Å². The quantitative estimate of drug-likeness (QED) is 0.667. The number of hydrogen-bond donors (Lipinski definition) is 1. The van der Waals surface area contributed by atoms with E-state index in [-0.39, 0.29) is 0 Å². The fraction of sp³-hybridized carbons (Fsp3) is 1.00. The van der Waals surface area contributed by atoms with Crippen LogP contribution >= 0.6 is 0 Å². The maximum absolute atomic E-state index is 8.99. The summed E-state index contributed by atoms with van der Waals surface area (Å²) in [6, 6.07) is 0. The summed E-state index contributed by atoms with van der Waals surface area (Å²) < 4.78 is 5.55. The maximum atomic E-state index is 8.99. The molecule has 0 amide bonds. The molecule has 2 bridgehead atoms. The lowest BCUT2D eigenvalue weighted by molar-refractivity contribution is -0.0830. The minimum absolute atomic E-state index is 0.335. The highest BCUT2D eigenvalue weighted by Gasteiger charge is 2.38. The Labute approximate surface area is 79.7 Å². The minimum Gasteiger partial charge on any atom is -0.396 e. The van der Waals surface area contributed by atoms with Gasteiger partial charge in [0.25, 0.3) is 0 Å². The number of piperidine rings is 1. The second-order valence-corrected chi connectivity index (χ2v) is 4.45. The van der Waals surface area contributed by atoms with Gasteiger partial charge in [-0.3, -0.25) is 0 Å². The molecule has 0 aliphatic carbocycles. The third kappa shape index (κ3) is 1.87. The molecule has 2 heterocycles. The van der Waals surface area contributed by atoms with Gasteiger partial charge in [-0.1, -0.05) is 0 Å². The predicted octanol–water partition coefficient (Wildman–Crippen LogP) is 0.193. The molecule has 2 aliphatic rings. The average Bonchev–Trinajstić information content (AvgIpc) is 2.07. The number of likely N-dealkylation sites (tertiary alicyclic amines) is 1. The van der Waals surface area contributed by atoms with Gasteiger partial charge in [0, 0.05) is 19.7 Å². The highest BCUT2D eigenvalue weighted by molar-refractivity contribution is 4.88. The smallest absolute Gasteiger partial charge is 0.0509 e. The van der Waals surface area contributed by atoms with Gasteiger partial charge in [0.05, 0.1) is 13.2 Å². The third-order valence-corrected chi connectivity index (χ3v) is 3.43. The Kier molecular flexibility index (Phi) is 2.86. The average molecular weight is 185 g/mol. The lowest BCUT2D eigenvalue weighted by Gasteiger charge is -2.46. The SMILES string of the molecule is CN1C[C@H]2COC[C@@H](C1)[C@@H]2CCO. The number of rotatable bonds is 2. The second-order valence-electron chi connectivity index (χ2n) is 4.45. The Morgan fingerprint density at radius 1 is 1.31 bits per heavy atom.